The highest BCUT2D eigenvalue weighted by molar-refractivity contribution is 5.66. The van der Waals surface area contributed by atoms with E-state index in [1.807, 2.05) is 0 Å². The number of carbonyl (C=O) groups excluding carboxylic acids is 1. The number of aliphatic hydroxyl groups is 3. The minimum Gasteiger partial charge on any atom is -0.459 e. The smallest absolute Gasteiger partial charge is 0.303 e. The Morgan fingerprint density at radius 2 is 1.73 bits per heavy atom. The summed E-state index contributed by atoms with van der Waals surface area (Å²) in [6.07, 6.45) is 3.27. The summed E-state index contributed by atoms with van der Waals surface area (Å²) >= 11 is 0. The van der Waals surface area contributed by atoms with Gasteiger partial charge in [0, 0.05) is 12.3 Å². The predicted octanol–water partition coefficient (Wildman–Crippen LogP) is 5.82. The number of ether oxygens (including phenoxy) is 1. The lowest BCUT2D eigenvalue weighted by Gasteiger charge is -2.62. The summed E-state index contributed by atoms with van der Waals surface area (Å²) < 4.78 is 6.09. The lowest BCUT2D eigenvalue weighted by molar-refractivity contribution is -0.185. The monoisotopic (exact) mass is 516 g/mol. The molecule has 0 aliphatic heterocycles. The molecule has 2 fully saturated rings. The topological polar surface area (TPSA) is 87.0 Å². The average molecular weight is 517 g/mol. The van der Waals surface area contributed by atoms with Crippen LogP contribution in [-0.4, -0.2) is 45.7 Å². The molecule has 5 heteroatoms. The van der Waals surface area contributed by atoms with E-state index in [-0.39, 0.29) is 23.2 Å². The van der Waals surface area contributed by atoms with Crippen LogP contribution in [0.1, 0.15) is 100 Å². The van der Waals surface area contributed by atoms with Gasteiger partial charge in [0.1, 0.15) is 12.2 Å². The van der Waals surface area contributed by atoms with Crippen LogP contribution >= 0.6 is 0 Å². The molecule has 0 aromatic rings. The van der Waals surface area contributed by atoms with E-state index in [1.54, 1.807) is 0 Å². The second-order valence-corrected chi connectivity index (χ2v) is 14.4. The SMILES string of the molecule is C=C(CCC(C)[C@H]1CCC2C3=C([C@@H](O)[C@H](OC(C)=O)[C@@]21C)[C@@]1(C)C[C@@H](O)[C@H](O)C(C)(C)C1CC3)C(C)C. The number of hydrogen-bond donors (Lipinski definition) is 3. The Morgan fingerprint density at radius 1 is 1.08 bits per heavy atom. The molecule has 3 unspecified atom stereocenters. The van der Waals surface area contributed by atoms with Crippen molar-refractivity contribution in [2.75, 3.05) is 0 Å². The van der Waals surface area contributed by atoms with Gasteiger partial charge in [-0.05, 0) is 90.9 Å². The largest absolute Gasteiger partial charge is 0.459 e. The number of carbonyl (C=O) groups is 1. The molecule has 2 saturated carbocycles. The van der Waals surface area contributed by atoms with Crippen molar-refractivity contribution >= 4 is 5.97 Å². The fraction of sp³-hybridized carbons (Fsp3) is 0.844. The van der Waals surface area contributed by atoms with Crippen LogP contribution in [0.4, 0.5) is 0 Å². The number of aliphatic hydroxyl groups excluding tert-OH is 3. The molecular formula is C32H52O5. The summed E-state index contributed by atoms with van der Waals surface area (Å²) in [4.78, 5) is 12.4. The first-order chi connectivity index (χ1) is 17.1. The summed E-state index contributed by atoms with van der Waals surface area (Å²) in [7, 11) is 0. The maximum atomic E-state index is 12.4. The van der Waals surface area contributed by atoms with Gasteiger partial charge in [-0.2, -0.15) is 0 Å². The van der Waals surface area contributed by atoms with E-state index in [4.69, 9.17) is 4.74 Å². The Bertz CT molecular complexity index is 949. The van der Waals surface area contributed by atoms with E-state index in [9.17, 15) is 20.1 Å². The van der Waals surface area contributed by atoms with Crippen molar-refractivity contribution < 1.29 is 24.9 Å². The molecule has 3 N–H and O–H groups in total. The summed E-state index contributed by atoms with van der Waals surface area (Å²) in [6.45, 7) is 21.0. The molecule has 210 valence electrons. The molecule has 0 radical (unpaired) electrons. The number of hydrogen-bond acceptors (Lipinski definition) is 5. The van der Waals surface area contributed by atoms with Gasteiger partial charge in [-0.3, -0.25) is 4.79 Å². The van der Waals surface area contributed by atoms with E-state index in [1.165, 1.54) is 18.1 Å². The molecular weight excluding hydrogens is 464 g/mol. The van der Waals surface area contributed by atoms with Gasteiger partial charge < -0.3 is 20.1 Å². The quantitative estimate of drug-likeness (QED) is 0.306. The first-order valence-corrected chi connectivity index (χ1v) is 14.7. The maximum Gasteiger partial charge on any atom is 0.303 e. The fourth-order valence-corrected chi connectivity index (χ4v) is 9.74. The van der Waals surface area contributed by atoms with Gasteiger partial charge in [0.2, 0.25) is 0 Å². The molecule has 37 heavy (non-hydrogen) atoms. The second kappa shape index (κ2) is 9.78. The van der Waals surface area contributed by atoms with E-state index >= 15 is 0 Å². The molecule has 5 nitrogen and oxygen atoms in total. The third kappa shape index (κ3) is 4.36. The van der Waals surface area contributed by atoms with E-state index < -0.39 is 35.2 Å². The van der Waals surface area contributed by atoms with Gasteiger partial charge in [-0.1, -0.05) is 66.2 Å². The normalized spacial score (nSPS) is 43.6. The van der Waals surface area contributed by atoms with Crippen LogP contribution in [0.3, 0.4) is 0 Å². The predicted molar refractivity (Wildman–Crippen MR) is 147 cm³/mol. The third-order valence-electron chi connectivity index (χ3n) is 11.7. The van der Waals surface area contributed by atoms with Crippen LogP contribution < -0.4 is 0 Å². The number of fused-ring (bicyclic) bond motifs is 4. The van der Waals surface area contributed by atoms with E-state index in [0.29, 0.717) is 24.2 Å². The zero-order chi connectivity index (χ0) is 27.7. The molecule has 0 amide bonds. The van der Waals surface area contributed by atoms with Crippen molar-refractivity contribution in [2.24, 2.45) is 45.8 Å². The number of allylic oxidation sites excluding steroid dienone is 2. The van der Waals surface area contributed by atoms with E-state index in [2.05, 4.69) is 55.0 Å². The van der Waals surface area contributed by atoms with Crippen LogP contribution in [-0.2, 0) is 9.53 Å². The van der Waals surface area contributed by atoms with Crippen molar-refractivity contribution in [2.45, 2.75) is 125 Å². The van der Waals surface area contributed by atoms with Crippen molar-refractivity contribution in [1.29, 1.82) is 0 Å². The van der Waals surface area contributed by atoms with Crippen LogP contribution in [0, 0.1) is 45.8 Å². The minimum absolute atomic E-state index is 0.132. The molecule has 4 rings (SSSR count). The lowest BCUT2D eigenvalue weighted by atomic mass is 9.44. The first kappa shape index (κ1) is 28.8. The Kier molecular flexibility index (Phi) is 7.62. The Morgan fingerprint density at radius 3 is 2.32 bits per heavy atom. The van der Waals surface area contributed by atoms with Gasteiger partial charge in [-0.25, -0.2) is 0 Å². The van der Waals surface area contributed by atoms with Gasteiger partial charge in [0.15, 0.2) is 0 Å². The van der Waals surface area contributed by atoms with Crippen LogP contribution in [0.2, 0.25) is 0 Å². The molecule has 4 aliphatic rings. The molecule has 0 heterocycles. The lowest BCUT2D eigenvalue weighted by Crippen LogP contribution is -2.63. The van der Waals surface area contributed by atoms with Crippen LogP contribution in [0.25, 0.3) is 0 Å². The van der Waals surface area contributed by atoms with Gasteiger partial charge in [0.05, 0.1) is 12.2 Å². The Balaban J connectivity index is 1.77. The Labute approximate surface area is 224 Å². The third-order valence-corrected chi connectivity index (χ3v) is 11.7. The second-order valence-electron chi connectivity index (χ2n) is 14.4. The van der Waals surface area contributed by atoms with Gasteiger partial charge >= 0.3 is 5.97 Å². The number of esters is 1. The fourth-order valence-electron chi connectivity index (χ4n) is 9.74. The highest BCUT2D eigenvalue weighted by Crippen LogP contribution is 2.68. The molecule has 0 saturated heterocycles. The summed E-state index contributed by atoms with van der Waals surface area (Å²) in [5, 5.41) is 34.0. The van der Waals surface area contributed by atoms with E-state index in [0.717, 1.165) is 44.1 Å². The minimum atomic E-state index is -0.898. The van der Waals surface area contributed by atoms with Crippen LogP contribution in [0.15, 0.2) is 23.3 Å². The molecule has 10 atom stereocenters. The molecule has 4 aliphatic carbocycles. The summed E-state index contributed by atoms with van der Waals surface area (Å²) in [6, 6.07) is 0. The van der Waals surface area contributed by atoms with Gasteiger partial charge in [0.25, 0.3) is 0 Å². The van der Waals surface area contributed by atoms with Crippen molar-refractivity contribution in [1.82, 2.24) is 0 Å². The molecule has 0 aromatic carbocycles. The summed E-state index contributed by atoms with van der Waals surface area (Å²) in [5.41, 5.74) is 2.36. The van der Waals surface area contributed by atoms with Crippen molar-refractivity contribution in [3.8, 4) is 0 Å². The zero-order valence-corrected chi connectivity index (χ0v) is 24.5. The van der Waals surface area contributed by atoms with Crippen molar-refractivity contribution in [3.05, 3.63) is 23.3 Å². The standard InChI is InChI=1S/C32H52O5/c1-17(2)18(3)10-11-19(4)22-13-14-23-21-12-15-25-30(6,7)28(36)24(34)16-31(25,8)26(21)27(35)29(32(22,23)9)37-20(5)33/h17,19,22-25,27-29,34-36H,3,10-16H2,1-2,4-9H3/t19?,22-,23?,24-,25?,27-,28+,29+,31+,32-/m1/s1. The maximum absolute atomic E-state index is 12.4. The molecule has 0 spiro atoms. The first-order valence-electron chi connectivity index (χ1n) is 14.7. The average Bonchev–Trinajstić information content (AvgIpc) is 3.15. The van der Waals surface area contributed by atoms with Crippen molar-refractivity contribution in [3.63, 3.8) is 0 Å². The number of rotatable bonds is 6. The highest BCUT2D eigenvalue weighted by atomic mass is 16.6. The van der Waals surface area contributed by atoms with Crippen LogP contribution in [0.5, 0.6) is 0 Å². The zero-order valence-electron chi connectivity index (χ0n) is 24.5. The summed E-state index contributed by atoms with van der Waals surface area (Å²) in [5.74, 6) is 1.27. The molecule has 0 bridgehead atoms. The Hall–Kier alpha value is -1.17. The molecule has 0 aromatic heterocycles. The van der Waals surface area contributed by atoms with Gasteiger partial charge in [-0.15, -0.1) is 0 Å². The highest BCUT2D eigenvalue weighted by Gasteiger charge is 2.66.